The number of nitrogens with zero attached hydrogens (tertiary/aromatic N) is 4. The minimum Gasteiger partial charge on any atom is -0.227 e. The number of nitriles is 1. The van der Waals surface area contributed by atoms with Crippen LogP contribution >= 0.6 is 22.9 Å². The molecule has 82 valence electrons. The van der Waals surface area contributed by atoms with Crippen molar-refractivity contribution in [3.8, 4) is 11.2 Å². The molecule has 0 aromatic carbocycles. The average molecular weight is 253 g/mol. The van der Waals surface area contributed by atoms with Gasteiger partial charge in [-0.2, -0.15) is 15.0 Å². The Hall–Kier alpha value is -1.38. The van der Waals surface area contributed by atoms with Crippen molar-refractivity contribution in [2.75, 3.05) is 0 Å². The number of thiazole rings is 1. The maximum Gasteiger partial charge on any atom is 0.211 e. The zero-order chi connectivity index (χ0) is 11.5. The second-order valence-electron chi connectivity index (χ2n) is 3.20. The maximum atomic E-state index is 9.03. The molecule has 2 aromatic rings. The molecular weight excluding hydrogens is 244 g/mol. The van der Waals surface area contributed by atoms with Gasteiger partial charge in [0.05, 0.1) is 5.69 Å². The second kappa shape index (κ2) is 4.64. The molecule has 0 atom stereocenters. The first kappa shape index (κ1) is 11.1. The first-order valence-electron chi connectivity index (χ1n) is 4.85. The number of hydrogen-bond acceptors (Lipinski definition) is 4. The summed E-state index contributed by atoms with van der Waals surface area (Å²) < 4.78 is 1.52. The fourth-order valence-corrected chi connectivity index (χ4v) is 2.33. The van der Waals surface area contributed by atoms with E-state index >= 15 is 0 Å². The van der Waals surface area contributed by atoms with Crippen molar-refractivity contribution in [3.05, 3.63) is 28.0 Å². The molecule has 0 amide bonds. The molecule has 0 aliphatic carbocycles. The molecule has 0 bridgehead atoms. The van der Waals surface area contributed by atoms with Crippen LogP contribution in [0.15, 0.2) is 11.6 Å². The summed E-state index contributed by atoms with van der Waals surface area (Å²) in [6.07, 6.45) is 3.37. The molecule has 0 spiro atoms. The van der Waals surface area contributed by atoms with E-state index in [0.29, 0.717) is 15.8 Å². The van der Waals surface area contributed by atoms with Crippen LogP contribution < -0.4 is 0 Å². The highest BCUT2D eigenvalue weighted by atomic mass is 35.5. The van der Waals surface area contributed by atoms with E-state index in [1.54, 1.807) is 6.20 Å². The molecule has 0 saturated heterocycles. The highest BCUT2D eigenvalue weighted by molar-refractivity contribution is 7.12. The van der Waals surface area contributed by atoms with E-state index in [4.69, 9.17) is 16.9 Å². The lowest BCUT2D eigenvalue weighted by atomic mass is 10.2. The standard InChI is InChI=1S/C10H9ClN4S/c1-2-3-8-7(6-12)9(11)15(14-8)10-13-4-5-16-10/h4-5H,2-3H2,1H3. The topological polar surface area (TPSA) is 54.5 Å². The van der Waals surface area contributed by atoms with Gasteiger partial charge in [-0.05, 0) is 6.42 Å². The van der Waals surface area contributed by atoms with Crippen LogP contribution in [-0.2, 0) is 6.42 Å². The van der Waals surface area contributed by atoms with Crippen LogP contribution in [0.25, 0.3) is 5.13 Å². The van der Waals surface area contributed by atoms with Gasteiger partial charge in [-0.25, -0.2) is 4.98 Å². The molecule has 0 unspecified atom stereocenters. The van der Waals surface area contributed by atoms with Gasteiger partial charge in [0.15, 0.2) is 5.15 Å². The number of aryl methyl sites for hydroxylation is 1. The molecular formula is C10H9ClN4S. The highest BCUT2D eigenvalue weighted by Gasteiger charge is 2.17. The largest absolute Gasteiger partial charge is 0.227 e. The van der Waals surface area contributed by atoms with E-state index in [1.165, 1.54) is 16.0 Å². The van der Waals surface area contributed by atoms with Crippen LogP contribution in [0.1, 0.15) is 24.6 Å². The van der Waals surface area contributed by atoms with Crippen LogP contribution in [-0.4, -0.2) is 14.8 Å². The number of halogens is 1. The molecule has 2 heterocycles. The number of rotatable bonds is 3. The maximum absolute atomic E-state index is 9.03. The van der Waals surface area contributed by atoms with E-state index in [1.807, 2.05) is 12.3 Å². The minimum atomic E-state index is 0.348. The smallest absolute Gasteiger partial charge is 0.211 e. The van der Waals surface area contributed by atoms with Crippen LogP contribution in [0, 0.1) is 11.3 Å². The first-order chi connectivity index (χ1) is 7.77. The van der Waals surface area contributed by atoms with E-state index < -0.39 is 0 Å². The van der Waals surface area contributed by atoms with E-state index in [0.717, 1.165) is 18.5 Å². The second-order valence-corrected chi connectivity index (χ2v) is 4.43. The normalized spacial score (nSPS) is 10.3. The summed E-state index contributed by atoms with van der Waals surface area (Å²) in [7, 11) is 0. The SMILES string of the molecule is CCCc1nn(-c2nccs2)c(Cl)c1C#N. The zero-order valence-electron chi connectivity index (χ0n) is 8.64. The minimum absolute atomic E-state index is 0.348. The Morgan fingerprint density at radius 1 is 1.62 bits per heavy atom. The lowest BCUT2D eigenvalue weighted by molar-refractivity contribution is 0.802. The summed E-state index contributed by atoms with van der Waals surface area (Å²) in [4.78, 5) is 4.12. The predicted octanol–water partition coefficient (Wildman–Crippen LogP) is 2.81. The Bertz CT molecular complexity index is 524. The Kier molecular flexibility index (Phi) is 3.22. The summed E-state index contributed by atoms with van der Waals surface area (Å²) in [6, 6.07) is 2.09. The molecule has 2 aromatic heterocycles. The van der Waals surface area contributed by atoms with Gasteiger partial charge in [0.2, 0.25) is 5.13 Å². The molecule has 4 nitrogen and oxygen atoms in total. The Balaban J connectivity index is 2.53. The Morgan fingerprint density at radius 3 is 3.00 bits per heavy atom. The summed E-state index contributed by atoms with van der Waals surface area (Å²) in [5.74, 6) is 0. The molecule has 0 fully saturated rings. The van der Waals surface area contributed by atoms with Crippen molar-refractivity contribution >= 4 is 22.9 Å². The van der Waals surface area contributed by atoms with E-state index in [9.17, 15) is 0 Å². The third-order valence-electron chi connectivity index (χ3n) is 2.10. The van der Waals surface area contributed by atoms with Crippen molar-refractivity contribution in [1.82, 2.24) is 14.8 Å². The quantitative estimate of drug-likeness (QED) is 0.844. The van der Waals surface area contributed by atoms with Gasteiger partial charge in [0.25, 0.3) is 0 Å². The van der Waals surface area contributed by atoms with Crippen molar-refractivity contribution in [2.45, 2.75) is 19.8 Å². The number of hydrogen-bond donors (Lipinski definition) is 0. The van der Waals surface area contributed by atoms with Crippen LogP contribution in [0.5, 0.6) is 0 Å². The van der Waals surface area contributed by atoms with Gasteiger partial charge in [-0.15, -0.1) is 11.3 Å². The third kappa shape index (κ3) is 1.82. The summed E-state index contributed by atoms with van der Waals surface area (Å²) in [5.41, 5.74) is 1.20. The fourth-order valence-electron chi connectivity index (χ4n) is 1.41. The van der Waals surface area contributed by atoms with E-state index in [-0.39, 0.29) is 0 Å². The monoisotopic (exact) mass is 252 g/mol. The van der Waals surface area contributed by atoms with Crippen molar-refractivity contribution in [1.29, 1.82) is 5.26 Å². The first-order valence-corrected chi connectivity index (χ1v) is 6.11. The summed E-state index contributed by atoms with van der Waals surface area (Å²) in [5, 5.41) is 16.2. The van der Waals surface area contributed by atoms with Crippen molar-refractivity contribution in [3.63, 3.8) is 0 Å². The fraction of sp³-hybridized carbons (Fsp3) is 0.300. The molecule has 0 saturated carbocycles. The van der Waals surface area contributed by atoms with Gasteiger partial charge in [0.1, 0.15) is 11.6 Å². The Morgan fingerprint density at radius 2 is 2.44 bits per heavy atom. The van der Waals surface area contributed by atoms with Crippen LogP contribution in [0.2, 0.25) is 5.15 Å². The van der Waals surface area contributed by atoms with Crippen molar-refractivity contribution in [2.24, 2.45) is 0 Å². The van der Waals surface area contributed by atoms with Crippen molar-refractivity contribution < 1.29 is 0 Å². The molecule has 16 heavy (non-hydrogen) atoms. The van der Waals surface area contributed by atoms with Gasteiger partial charge in [-0.3, -0.25) is 0 Å². The Labute approximate surface area is 102 Å². The van der Waals surface area contributed by atoms with Gasteiger partial charge < -0.3 is 0 Å². The zero-order valence-corrected chi connectivity index (χ0v) is 10.2. The lowest BCUT2D eigenvalue weighted by Gasteiger charge is -1.95. The third-order valence-corrected chi connectivity index (χ3v) is 3.20. The van der Waals surface area contributed by atoms with Crippen LogP contribution in [0.4, 0.5) is 0 Å². The molecule has 0 aliphatic heterocycles. The van der Waals surface area contributed by atoms with Gasteiger partial charge in [0, 0.05) is 11.6 Å². The molecule has 0 radical (unpaired) electrons. The molecule has 2 rings (SSSR count). The highest BCUT2D eigenvalue weighted by Crippen LogP contribution is 2.24. The number of aromatic nitrogens is 3. The van der Waals surface area contributed by atoms with Gasteiger partial charge >= 0.3 is 0 Å². The van der Waals surface area contributed by atoms with E-state index in [2.05, 4.69) is 16.2 Å². The molecule has 0 N–H and O–H groups in total. The molecule has 6 heteroatoms. The predicted molar refractivity (Wildman–Crippen MR) is 63.0 cm³/mol. The summed E-state index contributed by atoms with van der Waals surface area (Å²) >= 11 is 7.54. The lowest BCUT2D eigenvalue weighted by Crippen LogP contribution is -1.96. The molecule has 0 aliphatic rings. The van der Waals surface area contributed by atoms with Gasteiger partial charge in [-0.1, -0.05) is 24.9 Å². The van der Waals surface area contributed by atoms with Crippen LogP contribution in [0.3, 0.4) is 0 Å². The summed E-state index contributed by atoms with van der Waals surface area (Å²) in [6.45, 7) is 2.04. The average Bonchev–Trinajstić information content (AvgIpc) is 2.87.